The van der Waals surface area contributed by atoms with Crippen LogP contribution in [0, 0.1) is 18.3 Å². The maximum atomic E-state index is 9.34. The Morgan fingerprint density at radius 1 is 1.13 bits per heavy atom. The molecule has 1 N–H and O–H groups in total. The van der Waals surface area contributed by atoms with Crippen molar-refractivity contribution >= 4 is 5.82 Å². The van der Waals surface area contributed by atoms with Gasteiger partial charge in [0.15, 0.2) is 5.82 Å². The first-order chi connectivity index (χ1) is 18.6. The maximum absolute atomic E-state index is 9.34. The van der Waals surface area contributed by atoms with E-state index in [9.17, 15) is 5.26 Å². The standard InChI is InChI=1S/C28H30N8O2/c1-20-14-22(16-23(15-20)37-2)27-24(19-36(34-27)8-5-29)25-17-26(31-7-9-35-10-12-38-13-11-35)33-28(32-25)21-4-3-6-30-18-21/h3-4,6,14-19H,7-13H2,1-2H3,(H,31,32,33). The van der Waals surface area contributed by atoms with Gasteiger partial charge in [-0.2, -0.15) is 10.4 Å². The molecule has 0 saturated carbocycles. The second kappa shape index (κ2) is 11.8. The second-order valence-corrected chi connectivity index (χ2v) is 9.07. The van der Waals surface area contributed by atoms with Gasteiger partial charge in [-0.1, -0.05) is 0 Å². The number of methoxy groups -OCH3 is 1. The van der Waals surface area contributed by atoms with Gasteiger partial charge in [0.25, 0.3) is 0 Å². The number of aromatic nitrogens is 5. The summed E-state index contributed by atoms with van der Waals surface area (Å²) in [5, 5.41) is 17.6. The first-order valence-electron chi connectivity index (χ1n) is 12.6. The molecule has 1 aliphatic rings. The Balaban J connectivity index is 1.55. The van der Waals surface area contributed by atoms with Crippen LogP contribution in [-0.2, 0) is 11.3 Å². The van der Waals surface area contributed by atoms with Crippen molar-refractivity contribution in [3.63, 3.8) is 0 Å². The minimum Gasteiger partial charge on any atom is -0.497 e. The normalized spacial score (nSPS) is 13.7. The summed E-state index contributed by atoms with van der Waals surface area (Å²) in [6.45, 7) is 7.15. The molecule has 1 saturated heterocycles. The minimum absolute atomic E-state index is 0.126. The molecule has 0 radical (unpaired) electrons. The molecule has 194 valence electrons. The molecule has 1 fully saturated rings. The van der Waals surface area contributed by atoms with Gasteiger partial charge in [0.2, 0.25) is 0 Å². The molecule has 1 aliphatic heterocycles. The van der Waals surface area contributed by atoms with E-state index in [2.05, 4.69) is 27.3 Å². The molecule has 10 heteroatoms. The second-order valence-electron chi connectivity index (χ2n) is 9.07. The van der Waals surface area contributed by atoms with E-state index in [1.54, 1.807) is 24.2 Å². The zero-order valence-electron chi connectivity index (χ0n) is 21.6. The van der Waals surface area contributed by atoms with Gasteiger partial charge in [0.1, 0.15) is 23.8 Å². The van der Waals surface area contributed by atoms with Gasteiger partial charge in [0, 0.05) is 67.5 Å². The van der Waals surface area contributed by atoms with E-state index in [0.29, 0.717) is 17.3 Å². The molecule has 0 amide bonds. The largest absolute Gasteiger partial charge is 0.497 e. The van der Waals surface area contributed by atoms with Crippen molar-refractivity contribution in [3.05, 3.63) is 60.6 Å². The Morgan fingerprint density at radius 2 is 2.00 bits per heavy atom. The van der Waals surface area contributed by atoms with E-state index in [1.807, 2.05) is 43.5 Å². The van der Waals surface area contributed by atoms with Gasteiger partial charge in [0.05, 0.1) is 32.1 Å². The molecule has 4 aromatic rings. The Labute approximate surface area is 221 Å². The van der Waals surface area contributed by atoms with Crippen LogP contribution in [0.1, 0.15) is 5.56 Å². The fourth-order valence-electron chi connectivity index (χ4n) is 4.44. The smallest absolute Gasteiger partial charge is 0.163 e. The molecular weight excluding hydrogens is 480 g/mol. The van der Waals surface area contributed by atoms with Crippen molar-refractivity contribution in [2.24, 2.45) is 0 Å². The number of pyridine rings is 1. The third-order valence-electron chi connectivity index (χ3n) is 6.31. The molecular formula is C28H30N8O2. The Morgan fingerprint density at radius 3 is 2.76 bits per heavy atom. The fraction of sp³-hybridized carbons (Fsp3) is 0.321. The van der Waals surface area contributed by atoms with Gasteiger partial charge in [-0.15, -0.1) is 0 Å². The zero-order valence-corrected chi connectivity index (χ0v) is 21.6. The van der Waals surface area contributed by atoms with Crippen molar-refractivity contribution < 1.29 is 9.47 Å². The topological polar surface area (TPSA) is 114 Å². The lowest BCUT2D eigenvalue weighted by atomic mass is 10.0. The monoisotopic (exact) mass is 510 g/mol. The molecule has 38 heavy (non-hydrogen) atoms. The van der Waals surface area contributed by atoms with Crippen LogP contribution in [0.15, 0.2) is 55.0 Å². The lowest BCUT2D eigenvalue weighted by molar-refractivity contribution is 0.0398. The summed E-state index contributed by atoms with van der Waals surface area (Å²) in [6, 6.07) is 13.9. The molecule has 0 spiro atoms. The van der Waals surface area contributed by atoms with Crippen LogP contribution >= 0.6 is 0 Å². The number of rotatable bonds is 9. The maximum Gasteiger partial charge on any atom is 0.163 e. The van der Waals surface area contributed by atoms with Gasteiger partial charge in [-0.05, 0) is 42.8 Å². The number of anilines is 1. The number of benzene rings is 1. The van der Waals surface area contributed by atoms with Gasteiger partial charge in [-0.3, -0.25) is 14.6 Å². The van der Waals surface area contributed by atoms with Crippen molar-refractivity contribution in [1.82, 2.24) is 29.6 Å². The summed E-state index contributed by atoms with van der Waals surface area (Å²) in [4.78, 5) is 16.3. The number of hydrogen-bond acceptors (Lipinski definition) is 9. The highest BCUT2D eigenvalue weighted by Gasteiger charge is 2.18. The van der Waals surface area contributed by atoms with Gasteiger partial charge < -0.3 is 14.8 Å². The molecule has 0 bridgehead atoms. The van der Waals surface area contributed by atoms with E-state index in [0.717, 1.165) is 73.1 Å². The highest BCUT2D eigenvalue weighted by atomic mass is 16.5. The van der Waals surface area contributed by atoms with Crippen LogP contribution in [0.5, 0.6) is 5.75 Å². The Hall–Kier alpha value is -4.33. The quantitative estimate of drug-likeness (QED) is 0.360. The minimum atomic E-state index is 0.126. The number of nitriles is 1. The highest BCUT2D eigenvalue weighted by Crippen LogP contribution is 2.34. The van der Waals surface area contributed by atoms with Crippen molar-refractivity contribution in [1.29, 1.82) is 5.26 Å². The van der Waals surface area contributed by atoms with E-state index in [-0.39, 0.29) is 6.54 Å². The van der Waals surface area contributed by atoms with Crippen LogP contribution in [0.25, 0.3) is 33.9 Å². The lowest BCUT2D eigenvalue weighted by Gasteiger charge is -2.26. The Kier molecular flexibility index (Phi) is 7.87. The van der Waals surface area contributed by atoms with Crippen LogP contribution in [0.4, 0.5) is 5.82 Å². The third kappa shape index (κ3) is 5.96. The first kappa shape index (κ1) is 25.3. The zero-order chi connectivity index (χ0) is 26.3. The highest BCUT2D eigenvalue weighted by molar-refractivity contribution is 5.81. The van der Waals surface area contributed by atoms with E-state index < -0.39 is 0 Å². The van der Waals surface area contributed by atoms with Crippen molar-refractivity contribution in [2.45, 2.75) is 13.5 Å². The van der Waals surface area contributed by atoms with Crippen LogP contribution < -0.4 is 10.1 Å². The molecule has 1 aromatic carbocycles. The lowest BCUT2D eigenvalue weighted by Crippen LogP contribution is -2.39. The molecule has 0 unspecified atom stereocenters. The molecule has 10 nitrogen and oxygen atoms in total. The summed E-state index contributed by atoms with van der Waals surface area (Å²) in [6.07, 6.45) is 5.34. The number of hydrogen-bond donors (Lipinski definition) is 1. The molecule has 0 aliphatic carbocycles. The molecule has 4 heterocycles. The fourth-order valence-corrected chi connectivity index (χ4v) is 4.44. The molecule has 0 atom stereocenters. The summed E-state index contributed by atoms with van der Waals surface area (Å²) in [7, 11) is 1.65. The van der Waals surface area contributed by atoms with E-state index in [4.69, 9.17) is 24.5 Å². The summed E-state index contributed by atoms with van der Waals surface area (Å²) in [5.74, 6) is 2.01. The summed E-state index contributed by atoms with van der Waals surface area (Å²) >= 11 is 0. The third-order valence-corrected chi connectivity index (χ3v) is 6.31. The number of ether oxygens (including phenoxy) is 2. The van der Waals surface area contributed by atoms with Gasteiger partial charge >= 0.3 is 0 Å². The SMILES string of the molecule is COc1cc(C)cc(-c2nn(CC#N)cc2-c2cc(NCCN3CCOCC3)nc(-c3cccnc3)n2)c1. The predicted molar refractivity (Wildman–Crippen MR) is 145 cm³/mol. The van der Waals surface area contributed by atoms with Crippen LogP contribution in [0.3, 0.4) is 0 Å². The average molecular weight is 511 g/mol. The average Bonchev–Trinajstić information content (AvgIpc) is 3.38. The number of morpholine rings is 1. The number of aryl methyl sites for hydroxylation is 1. The van der Waals surface area contributed by atoms with E-state index in [1.165, 1.54) is 0 Å². The van der Waals surface area contributed by atoms with Crippen LogP contribution in [0.2, 0.25) is 0 Å². The van der Waals surface area contributed by atoms with E-state index >= 15 is 0 Å². The molecule has 5 rings (SSSR count). The van der Waals surface area contributed by atoms with Gasteiger partial charge in [-0.25, -0.2) is 9.97 Å². The number of nitrogens with one attached hydrogen (secondary N) is 1. The summed E-state index contributed by atoms with van der Waals surface area (Å²) in [5.41, 5.74) is 4.97. The Bertz CT molecular complexity index is 1420. The van der Waals surface area contributed by atoms with Crippen LogP contribution in [-0.4, -0.2) is 76.1 Å². The first-order valence-corrected chi connectivity index (χ1v) is 12.6. The number of nitrogens with zero attached hydrogens (tertiary/aromatic N) is 7. The van der Waals surface area contributed by atoms with Crippen molar-refractivity contribution in [3.8, 4) is 45.7 Å². The predicted octanol–water partition coefficient (Wildman–Crippen LogP) is 3.65. The summed E-state index contributed by atoms with van der Waals surface area (Å²) < 4.78 is 12.6. The molecule has 3 aromatic heterocycles. The van der Waals surface area contributed by atoms with Crippen molar-refractivity contribution in [2.75, 3.05) is 51.8 Å².